The third kappa shape index (κ3) is 4.73. The number of carbonyl (C=O) groups excluding carboxylic acids is 1. The van der Waals surface area contributed by atoms with Gasteiger partial charge < -0.3 is 14.2 Å². The summed E-state index contributed by atoms with van der Waals surface area (Å²) in [5.74, 6) is 2.51. The Labute approximate surface area is 197 Å². The molecular weight excluding hydrogens is 428 g/mol. The number of rotatable bonds is 8. The van der Waals surface area contributed by atoms with Crippen LogP contribution in [0.5, 0.6) is 11.5 Å². The van der Waals surface area contributed by atoms with E-state index in [1.165, 1.54) is 45.9 Å². The zero-order valence-electron chi connectivity index (χ0n) is 19.6. The van der Waals surface area contributed by atoms with Gasteiger partial charge in [-0.2, -0.15) is 0 Å². The van der Waals surface area contributed by atoms with Gasteiger partial charge in [-0.1, -0.05) is 17.7 Å². The van der Waals surface area contributed by atoms with Crippen molar-refractivity contribution in [3.05, 3.63) is 22.7 Å². The van der Waals surface area contributed by atoms with E-state index in [1.54, 1.807) is 14.2 Å². The Bertz CT molecular complexity index is 802. The van der Waals surface area contributed by atoms with Gasteiger partial charge in [-0.05, 0) is 75.1 Å². The minimum absolute atomic E-state index is 0.115. The minimum Gasteiger partial charge on any atom is -0.493 e. The minimum atomic E-state index is -0.115. The van der Waals surface area contributed by atoms with Crippen molar-refractivity contribution in [3.63, 3.8) is 0 Å². The van der Waals surface area contributed by atoms with Gasteiger partial charge in [0, 0.05) is 31.6 Å². The molecule has 0 saturated carbocycles. The van der Waals surface area contributed by atoms with Gasteiger partial charge in [0.15, 0.2) is 11.5 Å². The summed E-state index contributed by atoms with van der Waals surface area (Å²) in [4.78, 5) is 17.2. The first kappa shape index (κ1) is 23.7. The number of esters is 1. The van der Waals surface area contributed by atoms with Crippen molar-refractivity contribution in [3.8, 4) is 11.5 Å². The number of carbonyl (C=O) groups is 1. The van der Waals surface area contributed by atoms with Gasteiger partial charge in [-0.25, -0.2) is 0 Å². The molecule has 4 rings (SSSR count). The smallest absolute Gasteiger partial charge is 0.305 e. The van der Waals surface area contributed by atoms with Crippen LogP contribution in [0.25, 0.3) is 0 Å². The Hall–Kier alpha value is -1.50. The molecule has 0 amide bonds. The number of halogens is 1. The number of benzene rings is 1. The van der Waals surface area contributed by atoms with E-state index in [4.69, 9.17) is 25.8 Å². The molecule has 0 spiro atoms. The fourth-order valence-electron chi connectivity index (χ4n) is 6.49. The van der Waals surface area contributed by atoms with Crippen molar-refractivity contribution in [2.45, 2.75) is 63.6 Å². The van der Waals surface area contributed by atoms with Crippen molar-refractivity contribution in [1.29, 1.82) is 0 Å². The summed E-state index contributed by atoms with van der Waals surface area (Å²) >= 11 is 6.77. The van der Waals surface area contributed by atoms with Gasteiger partial charge in [0.2, 0.25) is 0 Å². The third-order valence-corrected chi connectivity index (χ3v) is 8.24. The first-order chi connectivity index (χ1) is 15.6. The van der Waals surface area contributed by atoms with E-state index in [0.29, 0.717) is 46.9 Å². The van der Waals surface area contributed by atoms with Crippen molar-refractivity contribution >= 4 is 17.6 Å². The number of hydrogen-bond donors (Lipinski definition) is 0. The van der Waals surface area contributed by atoms with Gasteiger partial charge in [0.1, 0.15) is 0 Å². The SMILES string of the molecule is COC(=O)CCC[C@@H]1[C@H]2CCCN3CCC[C@H](CN1Cc1ccc(OC)c(OC)c1Cl)[C@@H]23. The fraction of sp³-hybridized carbons (Fsp3) is 0.720. The lowest BCUT2D eigenvalue weighted by Gasteiger charge is -2.57. The molecule has 0 unspecified atom stereocenters. The van der Waals surface area contributed by atoms with Crippen molar-refractivity contribution in [2.24, 2.45) is 11.8 Å². The summed E-state index contributed by atoms with van der Waals surface area (Å²) < 4.78 is 15.9. The molecule has 3 heterocycles. The van der Waals surface area contributed by atoms with Gasteiger partial charge in [-0.3, -0.25) is 14.6 Å². The molecule has 4 atom stereocenters. The molecule has 0 aliphatic carbocycles. The molecule has 178 valence electrons. The summed E-state index contributed by atoms with van der Waals surface area (Å²) in [7, 11) is 4.74. The predicted octanol–water partition coefficient (Wildman–Crippen LogP) is 4.38. The second kappa shape index (κ2) is 10.6. The molecule has 0 N–H and O–H groups in total. The molecule has 1 aromatic carbocycles. The zero-order valence-corrected chi connectivity index (χ0v) is 20.4. The number of likely N-dealkylation sites (tertiary alicyclic amines) is 1. The van der Waals surface area contributed by atoms with Gasteiger partial charge in [0.05, 0.1) is 26.4 Å². The lowest BCUT2D eigenvalue weighted by Crippen LogP contribution is -2.64. The number of ether oxygens (including phenoxy) is 3. The first-order valence-corrected chi connectivity index (χ1v) is 12.4. The molecule has 3 aliphatic heterocycles. The number of nitrogens with zero attached hydrogens (tertiary/aromatic N) is 2. The molecule has 1 aromatic rings. The topological polar surface area (TPSA) is 51.2 Å². The maximum Gasteiger partial charge on any atom is 0.305 e. The molecule has 6 nitrogen and oxygen atoms in total. The summed E-state index contributed by atoms with van der Waals surface area (Å²) in [6.07, 6.45) is 7.52. The summed E-state index contributed by atoms with van der Waals surface area (Å²) in [5.41, 5.74) is 1.07. The van der Waals surface area contributed by atoms with Crippen molar-refractivity contribution in [2.75, 3.05) is 41.0 Å². The van der Waals surface area contributed by atoms with Crippen LogP contribution in [0.2, 0.25) is 5.02 Å². The first-order valence-electron chi connectivity index (χ1n) is 12.0. The van der Waals surface area contributed by atoms with Crippen LogP contribution in [0.3, 0.4) is 0 Å². The maximum absolute atomic E-state index is 11.8. The van der Waals surface area contributed by atoms with E-state index < -0.39 is 0 Å². The zero-order chi connectivity index (χ0) is 22.7. The van der Waals surface area contributed by atoms with E-state index in [-0.39, 0.29) is 5.97 Å². The average Bonchev–Trinajstić information content (AvgIpc) is 2.82. The molecule has 0 radical (unpaired) electrons. The highest BCUT2D eigenvalue weighted by Crippen LogP contribution is 2.45. The molecule has 3 fully saturated rings. The van der Waals surface area contributed by atoms with E-state index in [1.807, 2.05) is 6.07 Å². The van der Waals surface area contributed by atoms with Gasteiger partial charge in [-0.15, -0.1) is 0 Å². The van der Waals surface area contributed by atoms with Crippen LogP contribution in [-0.4, -0.2) is 68.8 Å². The normalized spacial score (nSPS) is 28.1. The fourth-order valence-corrected chi connectivity index (χ4v) is 6.78. The van der Waals surface area contributed by atoms with E-state index in [9.17, 15) is 4.79 Å². The average molecular weight is 465 g/mol. The Morgan fingerprint density at radius 1 is 1.12 bits per heavy atom. The van der Waals surface area contributed by atoms with Crippen LogP contribution < -0.4 is 9.47 Å². The molecule has 3 saturated heterocycles. The van der Waals surface area contributed by atoms with Gasteiger partial charge >= 0.3 is 5.97 Å². The Kier molecular flexibility index (Phi) is 7.85. The molecule has 32 heavy (non-hydrogen) atoms. The summed E-state index contributed by atoms with van der Waals surface area (Å²) in [6, 6.07) is 5.15. The highest BCUT2D eigenvalue weighted by Gasteiger charge is 2.48. The summed E-state index contributed by atoms with van der Waals surface area (Å²) in [5, 5.41) is 0.635. The van der Waals surface area contributed by atoms with Crippen molar-refractivity contribution in [1.82, 2.24) is 9.80 Å². The number of methoxy groups -OCH3 is 3. The van der Waals surface area contributed by atoms with Crippen LogP contribution in [0, 0.1) is 11.8 Å². The number of piperidine rings is 3. The molecular formula is C25H37ClN2O4. The number of hydrogen-bond acceptors (Lipinski definition) is 6. The lowest BCUT2D eigenvalue weighted by molar-refractivity contribution is -0.141. The quantitative estimate of drug-likeness (QED) is 0.532. The highest BCUT2D eigenvalue weighted by atomic mass is 35.5. The Morgan fingerprint density at radius 2 is 1.91 bits per heavy atom. The molecule has 7 heteroatoms. The second-order valence-corrected chi connectivity index (χ2v) is 9.85. The standard InChI is InChI=1S/C25H37ClN2O4/c1-30-21-12-11-17(23(26)25(21)32-3)15-28-16-18-7-5-13-27-14-6-8-19(24(18)27)20(28)9-4-10-22(29)31-2/h11-12,18-20,24H,4-10,13-16H2,1-3H3/t18-,19-,20-,24+/m1/s1. The highest BCUT2D eigenvalue weighted by molar-refractivity contribution is 6.33. The predicted molar refractivity (Wildman–Crippen MR) is 125 cm³/mol. The monoisotopic (exact) mass is 464 g/mol. The largest absolute Gasteiger partial charge is 0.493 e. The molecule has 0 bridgehead atoms. The Balaban J connectivity index is 1.58. The Morgan fingerprint density at radius 3 is 2.62 bits per heavy atom. The molecule has 0 aromatic heterocycles. The summed E-state index contributed by atoms with van der Waals surface area (Å²) in [6.45, 7) is 4.37. The van der Waals surface area contributed by atoms with Crippen molar-refractivity contribution < 1.29 is 19.0 Å². The van der Waals surface area contributed by atoms with Crippen LogP contribution in [0.15, 0.2) is 12.1 Å². The van der Waals surface area contributed by atoms with Crippen LogP contribution in [-0.2, 0) is 16.1 Å². The second-order valence-electron chi connectivity index (χ2n) is 9.47. The van der Waals surface area contributed by atoms with E-state index >= 15 is 0 Å². The lowest BCUT2D eigenvalue weighted by atomic mass is 9.69. The molecule has 3 aliphatic rings. The van der Waals surface area contributed by atoms with Crippen LogP contribution in [0.4, 0.5) is 0 Å². The third-order valence-electron chi connectivity index (χ3n) is 7.83. The van der Waals surface area contributed by atoms with Gasteiger partial charge in [0.25, 0.3) is 0 Å². The van der Waals surface area contributed by atoms with Crippen LogP contribution in [0.1, 0.15) is 50.5 Å². The van der Waals surface area contributed by atoms with E-state index in [2.05, 4.69) is 15.9 Å². The van der Waals surface area contributed by atoms with Crippen LogP contribution >= 0.6 is 11.6 Å². The maximum atomic E-state index is 11.8. The van der Waals surface area contributed by atoms with E-state index in [0.717, 1.165) is 31.5 Å².